The van der Waals surface area contributed by atoms with E-state index < -0.39 is 0 Å². The first-order valence-corrected chi connectivity index (χ1v) is 5.66. The van der Waals surface area contributed by atoms with Gasteiger partial charge in [0, 0.05) is 12.5 Å². The maximum absolute atomic E-state index is 11.6. The van der Waals surface area contributed by atoms with E-state index in [0.717, 1.165) is 0 Å². The van der Waals surface area contributed by atoms with Crippen molar-refractivity contribution in [3.8, 4) is 0 Å². The Kier molecular flexibility index (Phi) is 3.15. The molecule has 1 aliphatic heterocycles. The van der Waals surface area contributed by atoms with Crippen LogP contribution in [-0.4, -0.2) is 18.1 Å². The predicted molar refractivity (Wildman–Crippen MR) is 62.4 cm³/mol. The lowest BCUT2D eigenvalue weighted by Gasteiger charge is -2.43. The highest BCUT2D eigenvalue weighted by Gasteiger charge is 2.37. The van der Waals surface area contributed by atoms with E-state index in [1.54, 1.807) is 0 Å². The summed E-state index contributed by atoms with van der Waals surface area (Å²) in [5.74, 6) is 0.161. The van der Waals surface area contributed by atoms with Gasteiger partial charge in [0.2, 0.25) is 5.91 Å². The summed E-state index contributed by atoms with van der Waals surface area (Å²) in [5, 5.41) is 6.54. The lowest BCUT2D eigenvalue weighted by molar-refractivity contribution is -0.127. The quantitative estimate of drug-likeness (QED) is 0.644. The second kappa shape index (κ2) is 3.78. The monoisotopic (exact) mass is 212 g/mol. The molecule has 2 N–H and O–H groups in total. The van der Waals surface area contributed by atoms with E-state index in [1.165, 1.54) is 0 Å². The average Bonchev–Trinajstić information content (AvgIpc) is 1.99. The molecular weight excluding hydrogens is 188 g/mol. The van der Waals surface area contributed by atoms with Crippen molar-refractivity contribution in [2.24, 2.45) is 10.8 Å². The topological polar surface area (TPSA) is 41.1 Å². The van der Waals surface area contributed by atoms with Crippen molar-refractivity contribution >= 4 is 5.91 Å². The maximum Gasteiger partial charge on any atom is 0.222 e. The Morgan fingerprint density at radius 2 is 1.60 bits per heavy atom. The van der Waals surface area contributed by atoms with Crippen molar-refractivity contribution in [1.82, 2.24) is 10.6 Å². The van der Waals surface area contributed by atoms with Gasteiger partial charge in [0.15, 0.2) is 0 Å². The van der Waals surface area contributed by atoms with E-state index >= 15 is 0 Å². The summed E-state index contributed by atoms with van der Waals surface area (Å²) >= 11 is 0. The molecule has 15 heavy (non-hydrogen) atoms. The molecule has 3 heteroatoms. The van der Waals surface area contributed by atoms with Gasteiger partial charge in [-0.1, -0.05) is 41.5 Å². The largest absolute Gasteiger partial charge is 0.340 e. The molecule has 0 saturated carbocycles. The van der Waals surface area contributed by atoms with Gasteiger partial charge in [-0.3, -0.25) is 10.1 Å². The maximum atomic E-state index is 11.6. The smallest absolute Gasteiger partial charge is 0.222 e. The Hall–Kier alpha value is -0.570. The minimum absolute atomic E-state index is 0.0551. The summed E-state index contributed by atoms with van der Waals surface area (Å²) in [6.07, 6.45) is 0.652. The number of hydrogen-bond donors (Lipinski definition) is 2. The molecule has 1 rings (SSSR count). The number of amides is 1. The Bertz CT molecular complexity index is 223. The third-order valence-corrected chi connectivity index (χ3v) is 2.97. The molecule has 0 aromatic carbocycles. The minimum atomic E-state index is 0.0551. The standard InChI is InChI=1S/C12H24N2O/c1-11(2,3)8-7-9(15)14-10(13-8)12(4,5)6/h8,10,13H,7H2,1-6H3,(H,14,15). The molecule has 0 spiro atoms. The molecule has 1 amide bonds. The number of carbonyl (C=O) groups is 1. The van der Waals surface area contributed by atoms with Crippen molar-refractivity contribution in [2.45, 2.75) is 60.2 Å². The molecule has 0 aliphatic carbocycles. The van der Waals surface area contributed by atoms with Crippen LogP contribution in [0.1, 0.15) is 48.0 Å². The Morgan fingerprint density at radius 3 is 2.00 bits per heavy atom. The van der Waals surface area contributed by atoms with E-state index in [4.69, 9.17) is 0 Å². The zero-order valence-corrected chi connectivity index (χ0v) is 10.8. The molecule has 88 valence electrons. The molecule has 0 radical (unpaired) electrons. The fourth-order valence-electron chi connectivity index (χ4n) is 1.73. The molecule has 1 aliphatic rings. The normalized spacial score (nSPS) is 28.8. The highest BCUT2D eigenvalue weighted by molar-refractivity contribution is 5.78. The summed E-state index contributed by atoms with van der Waals surface area (Å²) in [6.45, 7) is 12.9. The van der Waals surface area contributed by atoms with Crippen LogP contribution in [0, 0.1) is 10.8 Å². The Morgan fingerprint density at radius 1 is 1.07 bits per heavy atom. The zero-order chi connectivity index (χ0) is 11.9. The van der Waals surface area contributed by atoms with Gasteiger partial charge in [-0.15, -0.1) is 0 Å². The Labute approximate surface area is 93.0 Å². The predicted octanol–water partition coefficient (Wildman–Crippen LogP) is 1.88. The van der Waals surface area contributed by atoms with Crippen LogP contribution in [0.15, 0.2) is 0 Å². The third kappa shape index (κ3) is 3.20. The second-order valence-electron chi connectivity index (χ2n) is 6.66. The number of carbonyl (C=O) groups excluding carboxylic acids is 1. The third-order valence-electron chi connectivity index (χ3n) is 2.97. The van der Waals surface area contributed by atoms with Crippen LogP contribution in [0.4, 0.5) is 0 Å². The van der Waals surface area contributed by atoms with Crippen molar-refractivity contribution in [1.29, 1.82) is 0 Å². The van der Waals surface area contributed by atoms with Crippen LogP contribution >= 0.6 is 0 Å². The number of nitrogens with one attached hydrogen (secondary N) is 2. The van der Waals surface area contributed by atoms with Crippen molar-refractivity contribution in [3.05, 3.63) is 0 Å². The van der Waals surface area contributed by atoms with Gasteiger partial charge in [-0.05, 0) is 10.8 Å². The molecule has 1 heterocycles. The van der Waals surface area contributed by atoms with E-state index in [0.29, 0.717) is 6.42 Å². The first-order chi connectivity index (χ1) is 6.60. The highest BCUT2D eigenvalue weighted by atomic mass is 16.2. The van der Waals surface area contributed by atoms with Crippen molar-refractivity contribution in [3.63, 3.8) is 0 Å². The minimum Gasteiger partial charge on any atom is -0.340 e. The van der Waals surface area contributed by atoms with Crippen molar-refractivity contribution in [2.75, 3.05) is 0 Å². The molecule has 1 saturated heterocycles. The first-order valence-electron chi connectivity index (χ1n) is 5.66. The molecule has 2 unspecified atom stereocenters. The van der Waals surface area contributed by atoms with Crippen LogP contribution in [0.2, 0.25) is 0 Å². The van der Waals surface area contributed by atoms with Crippen molar-refractivity contribution < 1.29 is 4.79 Å². The summed E-state index contributed by atoms with van der Waals surface area (Å²) in [4.78, 5) is 11.6. The fraction of sp³-hybridized carbons (Fsp3) is 0.917. The molecule has 0 aromatic rings. The van der Waals surface area contributed by atoms with Crippen LogP contribution in [0.25, 0.3) is 0 Å². The van der Waals surface area contributed by atoms with Gasteiger partial charge >= 0.3 is 0 Å². The van der Waals surface area contributed by atoms with Crippen LogP contribution in [0.3, 0.4) is 0 Å². The molecule has 0 bridgehead atoms. The average molecular weight is 212 g/mol. The van der Waals surface area contributed by atoms with E-state index in [-0.39, 0.29) is 28.9 Å². The number of rotatable bonds is 0. The van der Waals surface area contributed by atoms with Gasteiger partial charge in [0.05, 0.1) is 6.17 Å². The van der Waals surface area contributed by atoms with Crippen LogP contribution in [-0.2, 0) is 4.79 Å². The fourth-order valence-corrected chi connectivity index (χ4v) is 1.73. The Balaban J connectivity index is 2.77. The molecular formula is C12H24N2O. The SMILES string of the molecule is CC(C)(C)C1CC(=O)NC(C(C)(C)C)N1. The van der Waals surface area contributed by atoms with E-state index in [2.05, 4.69) is 52.2 Å². The summed E-state index contributed by atoms with van der Waals surface area (Å²) in [6, 6.07) is 0.260. The molecule has 2 atom stereocenters. The van der Waals surface area contributed by atoms with Gasteiger partial charge < -0.3 is 5.32 Å². The van der Waals surface area contributed by atoms with Gasteiger partial charge in [-0.2, -0.15) is 0 Å². The first kappa shape index (κ1) is 12.5. The van der Waals surface area contributed by atoms with Crippen LogP contribution in [0.5, 0.6) is 0 Å². The highest BCUT2D eigenvalue weighted by Crippen LogP contribution is 2.28. The van der Waals surface area contributed by atoms with Crippen LogP contribution < -0.4 is 10.6 Å². The van der Waals surface area contributed by atoms with Gasteiger partial charge in [0.1, 0.15) is 0 Å². The lowest BCUT2D eigenvalue weighted by atomic mass is 9.81. The number of hydrogen-bond acceptors (Lipinski definition) is 2. The summed E-state index contributed by atoms with van der Waals surface area (Å²) in [5.41, 5.74) is 0.181. The summed E-state index contributed by atoms with van der Waals surface area (Å²) in [7, 11) is 0. The second-order valence-corrected chi connectivity index (χ2v) is 6.66. The molecule has 0 aromatic heterocycles. The zero-order valence-electron chi connectivity index (χ0n) is 10.8. The van der Waals surface area contributed by atoms with Gasteiger partial charge in [0.25, 0.3) is 0 Å². The van der Waals surface area contributed by atoms with E-state index in [1.807, 2.05) is 0 Å². The summed E-state index contributed by atoms with van der Waals surface area (Å²) < 4.78 is 0. The molecule has 3 nitrogen and oxygen atoms in total. The van der Waals surface area contributed by atoms with E-state index in [9.17, 15) is 4.79 Å². The van der Waals surface area contributed by atoms with Gasteiger partial charge in [-0.25, -0.2) is 0 Å². The lowest BCUT2D eigenvalue weighted by Crippen LogP contribution is -2.64. The molecule has 1 fully saturated rings.